The first kappa shape index (κ1) is 13.4. The van der Waals surface area contributed by atoms with Crippen molar-refractivity contribution in [3.63, 3.8) is 0 Å². The van der Waals surface area contributed by atoms with E-state index in [1.165, 1.54) is 6.20 Å². The molecule has 1 unspecified atom stereocenters. The number of nitrogens with two attached hydrogens (primary N) is 1. The third kappa shape index (κ3) is 2.40. The van der Waals surface area contributed by atoms with Gasteiger partial charge < -0.3 is 10.6 Å². The molecule has 1 aromatic heterocycles. The number of nitrogens with zero attached hydrogens (tertiary/aromatic N) is 2. The molecule has 2 aromatic rings. The van der Waals surface area contributed by atoms with Crippen LogP contribution in [-0.2, 0) is 0 Å². The van der Waals surface area contributed by atoms with Crippen LogP contribution in [0.2, 0.25) is 0 Å². The predicted octanol–water partition coefficient (Wildman–Crippen LogP) is 1.49. The molecule has 0 spiro atoms. The molecule has 1 aliphatic heterocycles. The SMILES string of the molecule is NC(=O)c1cn[nH]c1C1CCCN1C(=O)c1ccccc1. The van der Waals surface area contributed by atoms with Gasteiger partial charge in [-0.2, -0.15) is 5.10 Å². The van der Waals surface area contributed by atoms with Crippen LogP contribution < -0.4 is 5.73 Å². The Morgan fingerprint density at radius 3 is 2.76 bits per heavy atom. The van der Waals surface area contributed by atoms with E-state index in [1.54, 1.807) is 17.0 Å². The summed E-state index contributed by atoms with van der Waals surface area (Å²) in [6, 6.07) is 8.95. The van der Waals surface area contributed by atoms with Gasteiger partial charge in [-0.25, -0.2) is 0 Å². The van der Waals surface area contributed by atoms with Gasteiger partial charge >= 0.3 is 0 Å². The Labute approximate surface area is 121 Å². The first-order valence-electron chi connectivity index (χ1n) is 6.87. The Morgan fingerprint density at radius 2 is 2.05 bits per heavy atom. The van der Waals surface area contributed by atoms with Crippen LogP contribution in [0.25, 0.3) is 0 Å². The number of aromatic nitrogens is 2. The maximum absolute atomic E-state index is 12.6. The van der Waals surface area contributed by atoms with Crippen LogP contribution in [0.4, 0.5) is 0 Å². The molecule has 2 heterocycles. The van der Waals surface area contributed by atoms with Gasteiger partial charge in [0.15, 0.2) is 0 Å². The quantitative estimate of drug-likeness (QED) is 0.894. The average molecular weight is 284 g/mol. The van der Waals surface area contributed by atoms with Crippen molar-refractivity contribution in [1.82, 2.24) is 15.1 Å². The van der Waals surface area contributed by atoms with Gasteiger partial charge in [-0.05, 0) is 25.0 Å². The number of carbonyl (C=O) groups excluding carboxylic acids is 2. The van der Waals surface area contributed by atoms with Crippen molar-refractivity contribution in [2.24, 2.45) is 5.73 Å². The lowest BCUT2D eigenvalue weighted by atomic mass is 10.1. The summed E-state index contributed by atoms with van der Waals surface area (Å²) >= 11 is 0. The van der Waals surface area contributed by atoms with Crippen molar-refractivity contribution in [3.05, 3.63) is 53.3 Å². The largest absolute Gasteiger partial charge is 0.365 e. The van der Waals surface area contributed by atoms with Gasteiger partial charge in [-0.1, -0.05) is 18.2 Å². The lowest BCUT2D eigenvalue weighted by molar-refractivity contribution is 0.0730. The summed E-state index contributed by atoms with van der Waals surface area (Å²) < 4.78 is 0. The van der Waals surface area contributed by atoms with Crippen LogP contribution in [0.15, 0.2) is 36.5 Å². The van der Waals surface area contributed by atoms with Crippen molar-refractivity contribution in [3.8, 4) is 0 Å². The molecule has 6 nitrogen and oxygen atoms in total. The second-order valence-electron chi connectivity index (χ2n) is 5.08. The number of hydrogen-bond acceptors (Lipinski definition) is 3. The van der Waals surface area contributed by atoms with Gasteiger partial charge in [-0.15, -0.1) is 0 Å². The molecular formula is C15H16N4O2. The molecule has 0 saturated carbocycles. The predicted molar refractivity (Wildman–Crippen MR) is 76.6 cm³/mol. The number of aromatic amines is 1. The van der Waals surface area contributed by atoms with Crippen LogP contribution in [0.3, 0.4) is 0 Å². The Hall–Kier alpha value is -2.63. The fraction of sp³-hybridized carbons (Fsp3) is 0.267. The average Bonchev–Trinajstić information content (AvgIpc) is 3.15. The fourth-order valence-corrected chi connectivity index (χ4v) is 2.80. The zero-order chi connectivity index (χ0) is 14.8. The lowest BCUT2D eigenvalue weighted by Crippen LogP contribution is -2.31. The van der Waals surface area contributed by atoms with Gasteiger partial charge in [0.2, 0.25) is 0 Å². The Balaban J connectivity index is 1.91. The van der Waals surface area contributed by atoms with Crippen LogP contribution in [0.1, 0.15) is 45.3 Å². The van der Waals surface area contributed by atoms with Gasteiger partial charge in [0.05, 0.1) is 23.5 Å². The number of primary amides is 1. The van der Waals surface area contributed by atoms with E-state index < -0.39 is 5.91 Å². The van der Waals surface area contributed by atoms with E-state index >= 15 is 0 Å². The first-order valence-corrected chi connectivity index (χ1v) is 6.87. The summed E-state index contributed by atoms with van der Waals surface area (Å²) in [5, 5.41) is 6.71. The molecule has 21 heavy (non-hydrogen) atoms. The fourth-order valence-electron chi connectivity index (χ4n) is 2.80. The van der Waals surface area contributed by atoms with Gasteiger partial charge in [-0.3, -0.25) is 14.7 Å². The normalized spacial score (nSPS) is 17.9. The van der Waals surface area contributed by atoms with Crippen LogP contribution in [-0.4, -0.2) is 33.5 Å². The summed E-state index contributed by atoms with van der Waals surface area (Å²) in [6.07, 6.45) is 3.10. The number of amides is 2. The summed E-state index contributed by atoms with van der Waals surface area (Å²) in [6.45, 7) is 0.662. The van der Waals surface area contributed by atoms with E-state index in [9.17, 15) is 9.59 Å². The molecule has 1 atom stereocenters. The van der Waals surface area contributed by atoms with Crippen LogP contribution in [0, 0.1) is 0 Å². The summed E-state index contributed by atoms with van der Waals surface area (Å²) in [4.78, 5) is 25.8. The van der Waals surface area contributed by atoms with E-state index in [0.29, 0.717) is 23.4 Å². The molecule has 0 radical (unpaired) electrons. The Bertz CT molecular complexity index is 665. The topological polar surface area (TPSA) is 92.1 Å². The minimum Gasteiger partial charge on any atom is -0.365 e. The molecule has 1 fully saturated rings. The van der Waals surface area contributed by atoms with Gasteiger partial charge in [0.25, 0.3) is 11.8 Å². The Kier molecular flexibility index (Phi) is 3.43. The maximum Gasteiger partial charge on any atom is 0.254 e. The molecule has 2 amide bonds. The summed E-state index contributed by atoms with van der Waals surface area (Å²) in [7, 11) is 0. The number of carbonyl (C=O) groups is 2. The molecule has 1 aliphatic rings. The molecule has 0 aliphatic carbocycles. The van der Waals surface area contributed by atoms with Crippen LogP contribution >= 0.6 is 0 Å². The van der Waals surface area contributed by atoms with E-state index in [1.807, 2.05) is 18.2 Å². The molecular weight excluding hydrogens is 268 g/mol. The standard InChI is InChI=1S/C15H16N4O2/c16-14(20)11-9-17-18-13(11)12-7-4-8-19(12)15(21)10-5-2-1-3-6-10/h1-3,5-6,9,12H,4,7-8H2,(H2,16,20)(H,17,18). The first-order chi connectivity index (χ1) is 10.2. The number of benzene rings is 1. The smallest absolute Gasteiger partial charge is 0.254 e. The number of H-pyrrole nitrogens is 1. The second kappa shape index (κ2) is 5.40. The number of hydrogen-bond donors (Lipinski definition) is 2. The second-order valence-corrected chi connectivity index (χ2v) is 5.08. The molecule has 108 valence electrons. The number of likely N-dealkylation sites (tertiary alicyclic amines) is 1. The van der Waals surface area contributed by atoms with Crippen molar-refractivity contribution >= 4 is 11.8 Å². The third-order valence-electron chi connectivity index (χ3n) is 3.80. The monoisotopic (exact) mass is 284 g/mol. The number of nitrogens with one attached hydrogen (secondary N) is 1. The minimum absolute atomic E-state index is 0.0388. The lowest BCUT2D eigenvalue weighted by Gasteiger charge is -2.24. The molecule has 0 bridgehead atoms. The highest BCUT2D eigenvalue weighted by molar-refractivity contribution is 5.96. The van der Waals surface area contributed by atoms with Gasteiger partial charge in [0.1, 0.15) is 0 Å². The highest BCUT2D eigenvalue weighted by Gasteiger charge is 2.33. The van der Waals surface area contributed by atoms with E-state index in [-0.39, 0.29) is 11.9 Å². The van der Waals surface area contributed by atoms with Gasteiger partial charge in [0, 0.05) is 12.1 Å². The Morgan fingerprint density at radius 1 is 1.29 bits per heavy atom. The van der Waals surface area contributed by atoms with Crippen molar-refractivity contribution in [1.29, 1.82) is 0 Å². The third-order valence-corrected chi connectivity index (χ3v) is 3.80. The van der Waals surface area contributed by atoms with Crippen LogP contribution in [0.5, 0.6) is 0 Å². The summed E-state index contributed by atoms with van der Waals surface area (Å²) in [5.41, 5.74) is 6.98. The highest BCUT2D eigenvalue weighted by Crippen LogP contribution is 2.33. The zero-order valence-electron chi connectivity index (χ0n) is 11.5. The zero-order valence-corrected chi connectivity index (χ0v) is 11.5. The number of rotatable bonds is 3. The molecule has 6 heteroatoms. The van der Waals surface area contributed by atoms with Crippen molar-refractivity contribution in [2.45, 2.75) is 18.9 Å². The molecule has 1 saturated heterocycles. The van der Waals surface area contributed by atoms with Crippen molar-refractivity contribution < 1.29 is 9.59 Å². The minimum atomic E-state index is -0.530. The summed E-state index contributed by atoms with van der Waals surface area (Å²) in [5.74, 6) is -0.569. The highest BCUT2D eigenvalue weighted by atomic mass is 16.2. The molecule has 1 aromatic carbocycles. The van der Waals surface area contributed by atoms with E-state index in [4.69, 9.17) is 5.73 Å². The van der Waals surface area contributed by atoms with E-state index in [0.717, 1.165) is 12.8 Å². The van der Waals surface area contributed by atoms with E-state index in [2.05, 4.69) is 10.2 Å². The molecule has 3 N–H and O–H groups in total. The van der Waals surface area contributed by atoms with Crippen molar-refractivity contribution in [2.75, 3.05) is 6.54 Å². The molecule has 3 rings (SSSR count). The maximum atomic E-state index is 12.6.